The number of carbonyl (C=O) groups is 1. The van der Waals surface area contributed by atoms with Crippen molar-refractivity contribution in [1.29, 1.82) is 0 Å². The van der Waals surface area contributed by atoms with Crippen molar-refractivity contribution >= 4 is 21.8 Å². The van der Waals surface area contributed by atoms with E-state index >= 15 is 0 Å². The fourth-order valence-electron chi connectivity index (χ4n) is 2.41. The number of hydrogen-bond donors (Lipinski definition) is 1. The zero-order valence-electron chi connectivity index (χ0n) is 12.8. The molecule has 1 atom stereocenters. The van der Waals surface area contributed by atoms with E-state index in [1.165, 1.54) is 22.3 Å². The third kappa shape index (κ3) is 3.73. The van der Waals surface area contributed by atoms with Gasteiger partial charge in [-0.1, -0.05) is 28.1 Å². The number of halogens is 1. The van der Waals surface area contributed by atoms with Gasteiger partial charge in [0, 0.05) is 10.0 Å². The summed E-state index contributed by atoms with van der Waals surface area (Å²) in [5.74, 6) is -0.0485. The van der Waals surface area contributed by atoms with E-state index in [9.17, 15) is 4.79 Å². The molecule has 0 aliphatic carbocycles. The van der Waals surface area contributed by atoms with Gasteiger partial charge in [-0.15, -0.1) is 0 Å². The standard InChI is InChI=1S/C18H20BrNO/c1-11-9-13(3)17(10-12(11)2)14(4)20-18(21)15-5-7-16(19)8-6-15/h5-10,14H,1-4H3,(H,20,21). The predicted octanol–water partition coefficient (Wildman–Crippen LogP) is 4.87. The van der Waals surface area contributed by atoms with Gasteiger partial charge < -0.3 is 5.32 Å². The van der Waals surface area contributed by atoms with Crippen LogP contribution in [0.2, 0.25) is 0 Å². The van der Waals surface area contributed by atoms with Crippen LogP contribution in [-0.4, -0.2) is 5.91 Å². The van der Waals surface area contributed by atoms with Crippen LogP contribution < -0.4 is 5.32 Å². The minimum absolute atomic E-state index is 0.0135. The molecule has 2 rings (SSSR count). The van der Waals surface area contributed by atoms with Gasteiger partial charge in [0.15, 0.2) is 0 Å². The lowest BCUT2D eigenvalue weighted by atomic mass is 9.96. The molecular formula is C18H20BrNO. The third-order valence-corrected chi connectivity index (χ3v) is 4.33. The average molecular weight is 346 g/mol. The fraction of sp³-hybridized carbons (Fsp3) is 0.278. The molecule has 0 aromatic heterocycles. The van der Waals surface area contributed by atoms with Crippen molar-refractivity contribution < 1.29 is 4.79 Å². The second kappa shape index (κ2) is 6.44. The van der Waals surface area contributed by atoms with Crippen molar-refractivity contribution in [2.75, 3.05) is 0 Å². The maximum Gasteiger partial charge on any atom is 0.251 e. The highest BCUT2D eigenvalue weighted by Gasteiger charge is 2.14. The van der Waals surface area contributed by atoms with E-state index in [2.05, 4.69) is 54.2 Å². The van der Waals surface area contributed by atoms with E-state index in [0.717, 1.165) is 4.47 Å². The van der Waals surface area contributed by atoms with Gasteiger partial charge in [0.2, 0.25) is 0 Å². The van der Waals surface area contributed by atoms with Crippen LogP contribution in [0.3, 0.4) is 0 Å². The second-order valence-electron chi connectivity index (χ2n) is 5.50. The number of aryl methyl sites for hydroxylation is 3. The summed E-state index contributed by atoms with van der Waals surface area (Å²) in [7, 11) is 0. The second-order valence-corrected chi connectivity index (χ2v) is 6.41. The van der Waals surface area contributed by atoms with Crippen LogP contribution in [0, 0.1) is 20.8 Å². The molecule has 2 aromatic carbocycles. The predicted molar refractivity (Wildman–Crippen MR) is 90.7 cm³/mol. The van der Waals surface area contributed by atoms with E-state index in [4.69, 9.17) is 0 Å². The number of benzene rings is 2. The Morgan fingerprint density at radius 1 is 1.00 bits per heavy atom. The summed E-state index contributed by atoms with van der Waals surface area (Å²) in [4.78, 5) is 12.3. The first-order chi connectivity index (χ1) is 9.88. The highest BCUT2D eigenvalue weighted by atomic mass is 79.9. The van der Waals surface area contributed by atoms with Gasteiger partial charge in [-0.3, -0.25) is 4.79 Å². The quantitative estimate of drug-likeness (QED) is 0.844. The topological polar surface area (TPSA) is 29.1 Å². The number of amides is 1. The normalized spacial score (nSPS) is 12.0. The Labute approximate surface area is 134 Å². The number of rotatable bonds is 3. The summed E-state index contributed by atoms with van der Waals surface area (Å²) in [6.07, 6.45) is 0. The average Bonchev–Trinajstić information content (AvgIpc) is 2.43. The fourth-order valence-corrected chi connectivity index (χ4v) is 2.67. The van der Waals surface area contributed by atoms with Crippen molar-refractivity contribution in [3.8, 4) is 0 Å². The largest absolute Gasteiger partial charge is 0.346 e. The molecule has 1 N–H and O–H groups in total. The minimum Gasteiger partial charge on any atom is -0.346 e. The lowest BCUT2D eigenvalue weighted by Gasteiger charge is -2.18. The number of nitrogens with one attached hydrogen (secondary N) is 1. The maximum absolute atomic E-state index is 12.3. The first kappa shape index (κ1) is 15.8. The molecular weight excluding hydrogens is 326 g/mol. The van der Waals surface area contributed by atoms with Gasteiger partial charge in [-0.05, 0) is 74.2 Å². The minimum atomic E-state index is -0.0485. The van der Waals surface area contributed by atoms with Crippen LogP contribution in [0.15, 0.2) is 40.9 Å². The molecule has 3 heteroatoms. The van der Waals surface area contributed by atoms with Crippen LogP contribution >= 0.6 is 15.9 Å². The molecule has 1 amide bonds. The molecule has 0 aliphatic heterocycles. The number of carbonyl (C=O) groups excluding carboxylic acids is 1. The van der Waals surface area contributed by atoms with Crippen molar-refractivity contribution in [2.45, 2.75) is 33.7 Å². The number of hydrogen-bond acceptors (Lipinski definition) is 1. The Hall–Kier alpha value is -1.61. The van der Waals surface area contributed by atoms with Gasteiger partial charge >= 0.3 is 0 Å². The lowest BCUT2D eigenvalue weighted by Crippen LogP contribution is -2.27. The SMILES string of the molecule is Cc1cc(C)c(C(C)NC(=O)c2ccc(Br)cc2)cc1C. The van der Waals surface area contributed by atoms with Crippen LogP contribution in [0.5, 0.6) is 0 Å². The zero-order valence-corrected chi connectivity index (χ0v) is 14.4. The molecule has 0 heterocycles. The summed E-state index contributed by atoms with van der Waals surface area (Å²) < 4.78 is 0.970. The van der Waals surface area contributed by atoms with Crippen molar-refractivity contribution in [2.24, 2.45) is 0 Å². The van der Waals surface area contributed by atoms with E-state index in [1.807, 2.05) is 31.2 Å². The lowest BCUT2D eigenvalue weighted by molar-refractivity contribution is 0.0940. The molecule has 21 heavy (non-hydrogen) atoms. The molecule has 110 valence electrons. The van der Waals surface area contributed by atoms with Gasteiger partial charge in [0.1, 0.15) is 0 Å². The highest BCUT2D eigenvalue weighted by Crippen LogP contribution is 2.22. The Balaban J connectivity index is 2.18. The molecule has 1 unspecified atom stereocenters. The Kier molecular flexibility index (Phi) is 4.84. The van der Waals surface area contributed by atoms with Crippen LogP contribution in [0.4, 0.5) is 0 Å². The molecule has 0 saturated carbocycles. The molecule has 0 radical (unpaired) electrons. The van der Waals surface area contributed by atoms with Crippen molar-refractivity contribution in [3.05, 3.63) is 68.7 Å². The maximum atomic E-state index is 12.3. The summed E-state index contributed by atoms with van der Waals surface area (Å²) in [5.41, 5.74) is 5.58. The molecule has 2 aromatic rings. The zero-order chi connectivity index (χ0) is 15.6. The summed E-state index contributed by atoms with van der Waals surface area (Å²) in [5, 5.41) is 3.07. The first-order valence-corrected chi connectivity index (χ1v) is 7.82. The Bertz CT molecular complexity index is 662. The Morgan fingerprint density at radius 2 is 1.57 bits per heavy atom. The monoisotopic (exact) mass is 345 g/mol. The van der Waals surface area contributed by atoms with E-state index < -0.39 is 0 Å². The van der Waals surface area contributed by atoms with E-state index in [-0.39, 0.29) is 11.9 Å². The van der Waals surface area contributed by atoms with E-state index in [1.54, 1.807) is 0 Å². The Morgan fingerprint density at radius 3 is 2.19 bits per heavy atom. The molecule has 0 fully saturated rings. The molecule has 0 bridgehead atoms. The molecule has 0 aliphatic rings. The van der Waals surface area contributed by atoms with Crippen molar-refractivity contribution in [1.82, 2.24) is 5.32 Å². The molecule has 2 nitrogen and oxygen atoms in total. The van der Waals surface area contributed by atoms with Gasteiger partial charge in [0.25, 0.3) is 5.91 Å². The summed E-state index contributed by atoms with van der Waals surface area (Å²) in [6.45, 7) is 8.32. The summed E-state index contributed by atoms with van der Waals surface area (Å²) in [6, 6.07) is 11.7. The van der Waals surface area contributed by atoms with Crippen LogP contribution in [0.1, 0.15) is 45.6 Å². The first-order valence-electron chi connectivity index (χ1n) is 7.02. The van der Waals surface area contributed by atoms with Crippen LogP contribution in [-0.2, 0) is 0 Å². The smallest absolute Gasteiger partial charge is 0.251 e. The molecule has 0 spiro atoms. The highest BCUT2D eigenvalue weighted by molar-refractivity contribution is 9.10. The van der Waals surface area contributed by atoms with Crippen molar-refractivity contribution in [3.63, 3.8) is 0 Å². The van der Waals surface area contributed by atoms with Gasteiger partial charge in [0.05, 0.1) is 6.04 Å². The van der Waals surface area contributed by atoms with E-state index in [0.29, 0.717) is 5.56 Å². The third-order valence-electron chi connectivity index (χ3n) is 3.80. The van der Waals surface area contributed by atoms with Gasteiger partial charge in [-0.2, -0.15) is 0 Å². The molecule has 0 saturated heterocycles. The van der Waals surface area contributed by atoms with Gasteiger partial charge in [-0.25, -0.2) is 0 Å². The van der Waals surface area contributed by atoms with Crippen LogP contribution in [0.25, 0.3) is 0 Å². The summed E-state index contributed by atoms with van der Waals surface area (Å²) >= 11 is 3.37.